The molecule has 0 amide bonds. The summed E-state index contributed by atoms with van der Waals surface area (Å²) in [5.74, 6) is -0.496. The molecule has 0 atom stereocenters. The zero-order valence-electron chi connectivity index (χ0n) is 11.3. The van der Waals surface area contributed by atoms with Gasteiger partial charge in [0.15, 0.2) is 0 Å². The number of rotatable bonds is 6. The maximum absolute atomic E-state index is 11.9. The van der Waals surface area contributed by atoms with Crippen molar-refractivity contribution >= 4 is 106 Å². The van der Waals surface area contributed by atoms with Crippen LogP contribution in [0, 0.1) is 14.3 Å². The third kappa shape index (κ3) is 5.52. The lowest BCUT2D eigenvalue weighted by atomic mass is 10.1. The molecule has 124 valence electrons. The lowest BCUT2D eigenvalue weighted by Gasteiger charge is -2.15. The summed E-state index contributed by atoms with van der Waals surface area (Å²) in [5, 5.41) is 0. The third-order valence-corrected chi connectivity index (χ3v) is 11.5. The van der Waals surface area contributed by atoms with Gasteiger partial charge in [0.05, 0.1) is 13.0 Å². The first-order chi connectivity index (χ1) is 10.1. The molecule has 0 fully saturated rings. The van der Waals surface area contributed by atoms with Gasteiger partial charge in [-0.15, -0.1) is 0 Å². The smallest absolute Gasteiger partial charge is 0.310 e. The Morgan fingerprint density at radius 1 is 1.09 bits per heavy atom. The second-order valence-corrected chi connectivity index (χ2v) is 9.96. The van der Waals surface area contributed by atoms with Crippen molar-refractivity contribution in [1.29, 1.82) is 0 Å². The minimum Gasteiger partial charge on any atom is -0.465 e. The zero-order valence-corrected chi connectivity index (χ0v) is 20.8. The predicted molar refractivity (Wildman–Crippen MR) is 117 cm³/mol. The molecule has 1 aromatic carbocycles. The van der Waals surface area contributed by atoms with Crippen LogP contribution in [0.5, 0.6) is 0 Å². The number of carbonyl (C=O) groups is 1. The Morgan fingerprint density at radius 3 is 2.14 bits per heavy atom. The maximum atomic E-state index is 11.9. The van der Waals surface area contributed by atoms with Gasteiger partial charge in [-0.25, -0.2) is 0 Å². The molecule has 0 aliphatic carbocycles. The maximum Gasteiger partial charge on any atom is 0.310 e. The van der Waals surface area contributed by atoms with Gasteiger partial charge in [-0.3, -0.25) is 9.35 Å². The molecule has 0 heterocycles. The number of halogens is 4. The van der Waals surface area contributed by atoms with Crippen molar-refractivity contribution in [3.63, 3.8) is 0 Å². The van der Waals surface area contributed by atoms with Crippen molar-refractivity contribution in [3.8, 4) is 0 Å². The molecule has 1 N–H and O–H groups in total. The summed E-state index contributed by atoms with van der Waals surface area (Å²) in [6.07, 6.45) is 1.48. The number of carbonyl (C=O) groups excluding carboxylic acids is 1. The highest BCUT2D eigenvalue weighted by Gasteiger charge is 2.28. The van der Waals surface area contributed by atoms with Crippen molar-refractivity contribution in [3.05, 3.63) is 19.8 Å². The first kappa shape index (κ1) is 21.6. The fourth-order valence-corrected chi connectivity index (χ4v) is 7.12. The first-order valence-corrected chi connectivity index (χ1v) is 11.8. The molecular weight excluding hydrogens is 764 g/mol. The summed E-state index contributed by atoms with van der Waals surface area (Å²) in [7, 11) is -4.42. The minimum absolute atomic E-state index is 0.181. The molecule has 0 aliphatic rings. The van der Waals surface area contributed by atoms with E-state index < -0.39 is 16.1 Å². The Morgan fingerprint density at radius 2 is 1.64 bits per heavy atom. The number of unbranched alkanes of at least 4 members (excludes halogenated alkanes) is 1. The molecule has 0 radical (unpaired) electrons. The van der Waals surface area contributed by atoms with Gasteiger partial charge in [0, 0.05) is 14.3 Å². The highest BCUT2D eigenvalue weighted by Crippen LogP contribution is 2.35. The molecule has 5 nitrogen and oxygen atoms in total. The van der Waals surface area contributed by atoms with E-state index in [9.17, 15) is 17.8 Å². The van der Waals surface area contributed by atoms with Crippen LogP contribution in [0.4, 0.5) is 0 Å². The molecular formula is C12H12I4O5S. The van der Waals surface area contributed by atoms with E-state index in [1.807, 2.05) is 74.7 Å². The molecule has 1 aromatic rings. The van der Waals surface area contributed by atoms with Crippen LogP contribution in [-0.4, -0.2) is 25.5 Å². The summed E-state index contributed by atoms with van der Waals surface area (Å²) in [6, 6.07) is 0. The Kier molecular flexibility index (Phi) is 9.10. The van der Waals surface area contributed by atoms with Gasteiger partial charge >= 0.3 is 5.97 Å². The van der Waals surface area contributed by atoms with Crippen LogP contribution in [0.15, 0.2) is 4.90 Å². The molecule has 0 spiro atoms. The highest BCUT2D eigenvalue weighted by atomic mass is 127. The molecule has 1 rings (SSSR count). The van der Waals surface area contributed by atoms with Crippen LogP contribution in [0.1, 0.15) is 25.3 Å². The average molecular weight is 776 g/mol. The van der Waals surface area contributed by atoms with E-state index in [2.05, 4.69) is 22.6 Å². The molecule has 10 heteroatoms. The van der Waals surface area contributed by atoms with Gasteiger partial charge in [0.25, 0.3) is 10.1 Å². The molecule has 22 heavy (non-hydrogen) atoms. The number of esters is 1. The fourth-order valence-electron chi connectivity index (χ4n) is 1.61. The summed E-state index contributed by atoms with van der Waals surface area (Å²) in [6.45, 7) is 2.29. The number of benzene rings is 1. The van der Waals surface area contributed by atoms with E-state index in [0.717, 1.165) is 20.0 Å². The monoisotopic (exact) mass is 776 g/mol. The number of ether oxygens (including phenoxy) is 1. The number of hydrogen-bond donors (Lipinski definition) is 1. The Bertz CT molecular complexity index is 687. The lowest BCUT2D eigenvalue weighted by molar-refractivity contribution is -0.142. The van der Waals surface area contributed by atoms with E-state index in [4.69, 9.17) is 4.74 Å². The van der Waals surface area contributed by atoms with E-state index in [1.54, 1.807) is 0 Å². The highest BCUT2D eigenvalue weighted by molar-refractivity contribution is 14.1. The topological polar surface area (TPSA) is 80.7 Å². The third-order valence-electron chi connectivity index (χ3n) is 2.66. The minimum atomic E-state index is -4.42. The molecule has 0 unspecified atom stereocenters. The summed E-state index contributed by atoms with van der Waals surface area (Å²) in [5.41, 5.74) is 0.291. The summed E-state index contributed by atoms with van der Waals surface area (Å²) < 4.78 is 40.7. The van der Waals surface area contributed by atoms with Gasteiger partial charge in [-0.1, -0.05) is 13.3 Å². The van der Waals surface area contributed by atoms with Gasteiger partial charge in [0.2, 0.25) is 0 Å². The fraction of sp³-hybridized carbons (Fsp3) is 0.417. The largest absolute Gasteiger partial charge is 0.465 e. The van der Waals surface area contributed by atoms with Crippen LogP contribution < -0.4 is 0 Å². The van der Waals surface area contributed by atoms with E-state index in [1.165, 1.54) is 0 Å². The van der Waals surface area contributed by atoms with Gasteiger partial charge in [-0.2, -0.15) is 8.42 Å². The van der Waals surface area contributed by atoms with E-state index in [-0.39, 0.29) is 11.3 Å². The standard InChI is InChI=1S/C12H12I4O5S/c1-2-3-4-21-7(17)5-6-8(13)9(14)10(15)11(16)12(6)22(18,19)20/h2-5H2,1H3,(H,18,19,20). The molecule has 0 aromatic heterocycles. The van der Waals surface area contributed by atoms with E-state index >= 15 is 0 Å². The number of hydrogen-bond acceptors (Lipinski definition) is 4. The predicted octanol–water partition coefficient (Wildman–Crippen LogP) is 4.24. The van der Waals surface area contributed by atoms with E-state index in [0.29, 0.717) is 19.3 Å². The van der Waals surface area contributed by atoms with Gasteiger partial charge in [0.1, 0.15) is 4.90 Å². The van der Waals surface area contributed by atoms with Gasteiger partial charge in [-0.05, 0) is 102 Å². The molecule has 0 aliphatic heterocycles. The summed E-state index contributed by atoms with van der Waals surface area (Å²) >= 11 is 7.99. The summed E-state index contributed by atoms with van der Waals surface area (Å²) in [4.78, 5) is 11.7. The van der Waals surface area contributed by atoms with Crippen LogP contribution in [-0.2, 0) is 26.1 Å². The SMILES string of the molecule is CCCCOC(=O)Cc1c(I)c(I)c(I)c(I)c1S(=O)(=O)O. The van der Waals surface area contributed by atoms with Crippen LogP contribution in [0.25, 0.3) is 0 Å². The van der Waals surface area contributed by atoms with Crippen molar-refractivity contribution in [2.24, 2.45) is 0 Å². The van der Waals surface area contributed by atoms with Crippen molar-refractivity contribution in [2.75, 3.05) is 6.61 Å². The second-order valence-electron chi connectivity index (χ2n) is 4.29. The van der Waals surface area contributed by atoms with Crippen LogP contribution in [0.2, 0.25) is 0 Å². The van der Waals surface area contributed by atoms with Gasteiger partial charge < -0.3 is 4.74 Å². The Hall–Kier alpha value is 1.52. The molecule has 0 saturated carbocycles. The van der Waals surface area contributed by atoms with Crippen molar-refractivity contribution in [1.82, 2.24) is 0 Å². The van der Waals surface area contributed by atoms with Crippen LogP contribution >= 0.6 is 90.4 Å². The van der Waals surface area contributed by atoms with Crippen molar-refractivity contribution < 1.29 is 22.5 Å². The average Bonchev–Trinajstić information content (AvgIpc) is 2.41. The normalized spacial score (nSPS) is 11.5. The van der Waals surface area contributed by atoms with Crippen LogP contribution in [0.3, 0.4) is 0 Å². The van der Waals surface area contributed by atoms with Crippen molar-refractivity contribution in [2.45, 2.75) is 31.1 Å². The Balaban J connectivity index is 3.31. The zero-order chi connectivity index (χ0) is 17.1. The quantitative estimate of drug-likeness (QED) is 0.117. The second kappa shape index (κ2) is 9.28. The Labute approximate surface area is 184 Å². The molecule has 0 saturated heterocycles. The molecule has 0 bridgehead atoms. The first-order valence-electron chi connectivity index (χ1n) is 6.09. The lowest BCUT2D eigenvalue weighted by Crippen LogP contribution is -2.16.